The first kappa shape index (κ1) is 28.7. The number of nitrogens with zero attached hydrogens (tertiary/aromatic N) is 2. The lowest BCUT2D eigenvalue weighted by Gasteiger charge is -2.42. The van der Waals surface area contributed by atoms with Crippen LogP contribution >= 0.6 is 11.8 Å². The van der Waals surface area contributed by atoms with Gasteiger partial charge in [-0.25, -0.2) is 0 Å². The molecule has 4 rings (SSSR count). The second-order valence-corrected chi connectivity index (χ2v) is 13.1. The summed E-state index contributed by atoms with van der Waals surface area (Å²) < 4.78 is 4.69. The van der Waals surface area contributed by atoms with Crippen molar-refractivity contribution >= 4 is 35.2 Å². The van der Waals surface area contributed by atoms with E-state index in [-0.39, 0.29) is 48.1 Å². The molecule has 1 aromatic carbocycles. The van der Waals surface area contributed by atoms with Gasteiger partial charge in [0.25, 0.3) is 5.91 Å². The number of benzene rings is 1. The number of aliphatic hydroxyl groups is 1. The highest BCUT2D eigenvalue weighted by molar-refractivity contribution is 8.02. The van der Waals surface area contributed by atoms with Gasteiger partial charge < -0.3 is 19.6 Å². The predicted octanol–water partition coefficient (Wildman–Crippen LogP) is 4.13. The number of ether oxygens (including phenoxy) is 1. The maximum Gasteiger partial charge on any atom is 0.310 e. The number of aliphatic hydroxyl groups excluding tert-OH is 1. The van der Waals surface area contributed by atoms with E-state index in [0.29, 0.717) is 13.0 Å². The summed E-state index contributed by atoms with van der Waals surface area (Å²) in [5, 5.41) is 10.4. The van der Waals surface area contributed by atoms with Crippen LogP contribution in [0.2, 0.25) is 0 Å². The topological polar surface area (TPSA) is 87.2 Å². The summed E-state index contributed by atoms with van der Waals surface area (Å²) in [6.07, 6.45) is 3.01. The van der Waals surface area contributed by atoms with Crippen molar-refractivity contribution in [3.8, 4) is 0 Å². The Bertz CT molecular complexity index is 1110. The third-order valence-corrected chi connectivity index (χ3v) is 10.6. The monoisotopic (exact) mass is 542 g/mol. The van der Waals surface area contributed by atoms with Gasteiger partial charge in [0.15, 0.2) is 0 Å². The number of thioether (sulfide) groups is 1. The number of aryl methyl sites for hydroxylation is 2. The van der Waals surface area contributed by atoms with Gasteiger partial charge in [0.2, 0.25) is 5.91 Å². The first-order chi connectivity index (χ1) is 18.0. The molecule has 2 amide bonds. The van der Waals surface area contributed by atoms with Crippen LogP contribution in [0.15, 0.2) is 30.9 Å². The molecule has 1 N–H and O–H groups in total. The largest absolute Gasteiger partial charge is 0.466 e. The first-order valence-electron chi connectivity index (χ1n) is 13.8. The Kier molecular flexibility index (Phi) is 8.34. The van der Waals surface area contributed by atoms with Crippen LogP contribution in [0, 0.1) is 37.5 Å². The van der Waals surface area contributed by atoms with Crippen molar-refractivity contribution in [1.29, 1.82) is 0 Å². The van der Waals surface area contributed by atoms with Crippen LogP contribution in [0.3, 0.4) is 0 Å². The van der Waals surface area contributed by atoms with E-state index in [1.54, 1.807) is 34.6 Å². The highest BCUT2D eigenvalue weighted by Gasteiger charge is 2.77. The summed E-state index contributed by atoms with van der Waals surface area (Å²) in [4.78, 5) is 45.8. The molecule has 3 saturated heterocycles. The molecule has 1 spiro atoms. The molecular weight excluding hydrogens is 500 g/mol. The van der Waals surface area contributed by atoms with Crippen LogP contribution < -0.4 is 4.90 Å². The number of carbonyl (C=O) groups is 3. The predicted molar refractivity (Wildman–Crippen MR) is 151 cm³/mol. The molecule has 3 aliphatic heterocycles. The fourth-order valence-corrected chi connectivity index (χ4v) is 9.44. The summed E-state index contributed by atoms with van der Waals surface area (Å²) in [6, 6.07) is 4.68. The first-order valence-corrected chi connectivity index (χ1v) is 14.7. The number of carbonyl (C=O) groups excluding carboxylic acids is 3. The minimum Gasteiger partial charge on any atom is -0.466 e. The summed E-state index contributed by atoms with van der Waals surface area (Å²) in [5.41, 5.74) is 2.78. The van der Waals surface area contributed by atoms with Crippen molar-refractivity contribution < 1.29 is 24.2 Å². The van der Waals surface area contributed by atoms with Gasteiger partial charge in [0, 0.05) is 17.5 Å². The maximum absolute atomic E-state index is 14.8. The molecule has 3 heterocycles. The number of likely N-dealkylation sites (tertiary alicyclic amines) is 1. The number of esters is 1. The fourth-order valence-electron chi connectivity index (χ4n) is 7.05. The SMILES string of the molecule is C=CCN(C(=O)C1N([C@@H](CO)CC(C)C)C(=O)[C@@H]2[C@H](C(=O)OCC)[C@@H]3CC(C)C12S3)c1cc(C)ccc1C. The summed E-state index contributed by atoms with van der Waals surface area (Å²) in [7, 11) is 0. The van der Waals surface area contributed by atoms with E-state index in [0.717, 1.165) is 23.2 Å². The lowest BCUT2D eigenvalue weighted by Crippen LogP contribution is -2.59. The highest BCUT2D eigenvalue weighted by atomic mass is 32.2. The fraction of sp³-hybridized carbons (Fsp3) is 0.633. The molecule has 2 bridgehead atoms. The van der Waals surface area contributed by atoms with Crippen LogP contribution in [-0.4, -0.2) is 69.6 Å². The lowest BCUT2D eigenvalue weighted by molar-refractivity contribution is -0.154. The molecule has 8 heteroatoms. The van der Waals surface area contributed by atoms with Gasteiger partial charge >= 0.3 is 5.97 Å². The quantitative estimate of drug-likeness (QED) is 0.353. The van der Waals surface area contributed by atoms with Crippen molar-refractivity contribution in [2.24, 2.45) is 23.7 Å². The zero-order valence-corrected chi connectivity index (χ0v) is 24.3. The van der Waals surface area contributed by atoms with Crippen molar-refractivity contribution in [1.82, 2.24) is 4.90 Å². The number of hydrogen-bond donors (Lipinski definition) is 1. The smallest absolute Gasteiger partial charge is 0.310 e. The number of rotatable bonds is 10. The Hall–Kier alpha value is -2.32. The van der Waals surface area contributed by atoms with Crippen molar-refractivity contribution in [2.45, 2.75) is 76.5 Å². The second-order valence-electron chi connectivity index (χ2n) is 11.5. The number of fused-ring (bicyclic) bond motifs is 1. The van der Waals surface area contributed by atoms with Crippen LogP contribution in [-0.2, 0) is 19.1 Å². The molecule has 1 aromatic rings. The average Bonchev–Trinajstić information content (AvgIpc) is 3.46. The Morgan fingerprint density at radius 2 is 2.05 bits per heavy atom. The molecule has 7 nitrogen and oxygen atoms in total. The summed E-state index contributed by atoms with van der Waals surface area (Å²) in [5.74, 6) is -1.73. The molecule has 7 atom stereocenters. The van der Waals surface area contributed by atoms with Gasteiger partial charge in [-0.3, -0.25) is 14.4 Å². The van der Waals surface area contributed by atoms with Gasteiger partial charge in [-0.15, -0.1) is 18.3 Å². The lowest BCUT2D eigenvalue weighted by atomic mass is 9.66. The number of amides is 2. The third-order valence-electron chi connectivity index (χ3n) is 8.56. The molecular formula is C30H42N2O5S. The van der Waals surface area contributed by atoms with E-state index in [2.05, 4.69) is 13.5 Å². The van der Waals surface area contributed by atoms with E-state index in [9.17, 15) is 19.5 Å². The zero-order chi connectivity index (χ0) is 27.9. The van der Waals surface area contributed by atoms with E-state index < -0.39 is 28.7 Å². The van der Waals surface area contributed by atoms with Crippen LogP contribution in [0.5, 0.6) is 0 Å². The number of anilines is 1. The molecule has 0 radical (unpaired) electrons. The summed E-state index contributed by atoms with van der Waals surface area (Å²) >= 11 is 1.63. The Labute approximate surface area is 231 Å². The van der Waals surface area contributed by atoms with E-state index in [4.69, 9.17) is 4.74 Å². The molecule has 3 aliphatic rings. The minimum absolute atomic E-state index is 0.0404. The number of hydrogen-bond acceptors (Lipinski definition) is 6. The molecule has 0 aromatic heterocycles. The zero-order valence-electron chi connectivity index (χ0n) is 23.5. The Morgan fingerprint density at radius 1 is 1.34 bits per heavy atom. The molecule has 3 fully saturated rings. The van der Waals surface area contributed by atoms with Gasteiger partial charge in [-0.1, -0.05) is 39.0 Å². The van der Waals surface area contributed by atoms with E-state index >= 15 is 0 Å². The maximum atomic E-state index is 14.8. The van der Waals surface area contributed by atoms with Gasteiger partial charge in [-0.05, 0) is 62.6 Å². The highest BCUT2D eigenvalue weighted by Crippen LogP contribution is 2.69. The van der Waals surface area contributed by atoms with Crippen molar-refractivity contribution in [3.63, 3.8) is 0 Å². The Balaban J connectivity index is 1.89. The van der Waals surface area contributed by atoms with Crippen LogP contribution in [0.25, 0.3) is 0 Å². The molecule has 38 heavy (non-hydrogen) atoms. The molecule has 0 aliphatic carbocycles. The van der Waals surface area contributed by atoms with Crippen LogP contribution in [0.4, 0.5) is 5.69 Å². The van der Waals surface area contributed by atoms with Gasteiger partial charge in [0.1, 0.15) is 6.04 Å². The van der Waals surface area contributed by atoms with Crippen molar-refractivity contribution in [3.05, 3.63) is 42.0 Å². The normalized spacial score (nSPS) is 30.5. The van der Waals surface area contributed by atoms with Gasteiger partial charge in [-0.2, -0.15) is 0 Å². The Morgan fingerprint density at radius 3 is 2.66 bits per heavy atom. The van der Waals surface area contributed by atoms with E-state index in [1.165, 1.54) is 0 Å². The summed E-state index contributed by atoms with van der Waals surface area (Å²) in [6.45, 7) is 16.1. The molecule has 0 saturated carbocycles. The molecule has 3 unspecified atom stereocenters. The third kappa shape index (κ3) is 4.47. The van der Waals surface area contributed by atoms with Crippen LogP contribution in [0.1, 0.15) is 51.7 Å². The standard InChI is InChI=1S/C30H42N2O5S/c1-8-12-31(22-14-18(5)10-11-19(22)6)28(35)26-30-20(7)15-23(38-30)24(29(36)37-9-2)25(30)27(34)32(26)21(16-33)13-17(3)4/h8,10-11,14,17,20-21,23-26,33H,1,9,12-13,15-16H2,2-7H3/t20?,21-,23+,24-,25+,26?,30?/m1/s1. The van der Waals surface area contributed by atoms with E-state index in [1.807, 2.05) is 45.9 Å². The average molecular weight is 543 g/mol. The second kappa shape index (κ2) is 11.0. The van der Waals surface area contributed by atoms with Crippen molar-refractivity contribution in [2.75, 3.05) is 24.7 Å². The molecule has 208 valence electrons. The van der Waals surface area contributed by atoms with Gasteiger partial charge in [0.05, 0.1) is 35.8 Å². The minimum atomic E-state index is -0.805.